The van der Waals surface area contributed by atoms with Gasteiger partial charge < -0.3 is 9.53 Å². The number of hydrogen-bond acceptors (Lipinski definition) is 3. The summed E-state index contributed by atoms with van der Waals surface area (Å²) in [4.78, 5) is 21.5. The maximum Gasteiger partial charge on any atom is 0.315 e. The van der Waals surface area contributed by atoms with Gasteiger partial charge in [0.2, 0.25) is 0 Å². The van der Waals surface area contributed by atoms with Gasteiger partial charge in [0.25, 0.3) is 0 Å². The molecule has 0 heterocycles. The SMILES string of the molecule is CC(C=O)C(=O)OCC1CCCCC1. The van der Waals surface area contributed by atoms with Gasteiger partial charge in [-0.25, -0.2) is 0 Å². The Labute approximate surface area is 84.8 Å². The van der Waals surface area contributed by atoms with E-state index in [1.165, 1.54) is 19.3 Å². The Hall–Kier alpha value is -0.860. The molecule has 1 fully saturated rings. The molecule has 0 spiro atoms. The monoisotopic (exact) mass is 198 g/mol. The number of aldehydes is 1. The summed E-state index contributed by atoms with van der Waals surface area (Å²) < 4.78 is 5.06. The maximum atomic E-state index is 11.2. The maximum absolute atomic E-state index is 11.2. The third-order valence-corrected chi connectivity index (χ3v) is 2.76. The Bertz CT molecular complexity index is 195. The van der Waals surface area contributed by atoms with Crippen molar-refractivity contribution in [3.63, 3.8) is 0 Å². The van der Waals surface area contributed by atoms with E-state index in [9.17, 15) is 9.59 Å². The standard InChI is InChI=1S/C11H18O3/c1-9(7-12)11(13)14-8-10-5-3-2-4-6-10/h7,9-10H,2-6,8H2,1H3. The molecule has 0 saturated heterocycles. The summed E-state index contributed by atoms with van der Waals surface area (Å²) in [6, 6.07) is 0. The van der Waals surface area contributed by atoms with Crippen LogP contribution in [0.5, 0.6) is 0 Å². The minimum absolute atomic E-state index is 0.384. The molecule has 0 bridgehead atoms. The van der Waals surface area contributed by atoms with E-state index < -0.39 is 5.92 Å². The molecule has 1 aliphatic carbocycles. The Morgan fingerprint density at radius 1 is 1.43 bits per heavy atom. The van der Waals surface area contributed by atoms with Crippen LogP contribution in [0.2, 0.25) is 0 Å². The van der Waals surface area contributed by atoms with Gasteiger partial charge in [0, 0.05) is 0 Å². The van der Waals surface area contributed by atoms with Gasteiger partial charge in [-0.1, -0.05) is 19.3 Å². The van der Waals surface area contributed by atoms with Crippen LogP contribution < -0.4 is 0 Å². The van der Waals surface area contributed by atoms with Crippen molar-refractivity contribution in [1.82, 2.24) is 0 Å². The molecular formula is C11H18O3. The number of rotatable bonds is 4. The van der Waals surface area contributed by atoms with Crippen LogP contribution in [0.15, 0.2) is 0 Å². The predicted molar refractivity (Wildman–Crippen MR) is 52.8 cm³/mol. The van der Waals surface area contributed by atoms with Crippen molar-refractivity contribution in [1.29, 1.82) is 0 Å². The van der Waals surface area contributed by atoms with Gasteiger partial charge >= 0.3 is 5.97 Å². The lowest BCUT2D eigenvalue weighted by atomic mass is 9.90. The minimum Gasteiger partial charge on any atom is -0.465 e. The molecule has 0 aliphatic heterocycles. The lowest BCUT2D eigenvalue weighted by Crippen LogP contribution is -2.21. The number of esters is 1. The molecule has 3 nitrogen and oxygen atoms in total. The molecule has 80 valence electrons. The van der Waals surface area contributed by atoms with Crippen LogP contribution in [0.3, 0.4) is 0 Å². The van der Waals surface area contributed by atoms with Crippen LogP contribution in [-0.2, 0) is 14.3 Å². The fraction of sp³-hybridized carbons (Fsp3) is 0.818. The van der Waals surface area contributed by atoms with E-state index in [-0.39, 0.29) is 5.97 Å². The normalized spacial score (nSPS) is 20.1. The smallest absolute Gasteiger partial charge is 0.315 e. The second kappa shape index (κ2) is 5.78. The largest absolute Gasteiger partial charge is 0.465 e. The molecule has 0 aromatic carbocycles. The van der Waals surface area contributed by atoms with Crippen LogP contribution in [-0.4, -0.2) is 18.9 Å². The molecule has 0 radical (unpaired) electrons. The van der Waals surface area contributed by atoms with Crippen molar-refractivity contribution in [2.24, 2.45) is 11.8 Å². The fourth-order valence-corrected chi connectivity index (χ4v) is 1.74. The molecule has 0 amide bonds. The second-order valence-electron chi connectivity index (χ2n) is 4.06. The molecule has 0 aromatic rings. The fourth-order valence-electron chi connectivity index (χ4n) is 1.74. The molecule has 1 saturated carbocycles. The van der Waals surface area contributed by atoms with E-state index in [4.69, 9.17) is 4.74 Å². The van der Waals surface area contributed by atoms with E-state index in [2.05, 4.69) is 0 Å². The van der Waals surface area contributed by atoms with E-state index in [0.717, 1.165) is 12.8 Å². The molecule has 0 aromatic heterocycles. The number of hydrogen-bond donors (Lipinski definition) is 0. The molecule has 1 unspecified atom stereocenters. The summed E-state index contributed by atoms with van der Waals surface area (Å²) in [6.45, 7) is 2.06. The van der Waals surface area contributed by atoms with Crippen LogP contribution in [0.1, 0.15) is 39.0 Å². The predicted octanol–water partition coefficient (Wildman–Crippen LogP) is 1.94. The molecule has 14 heavy (non-hydrogen) atoms. The van der Waals surface area contributed by atoms with Gasteiger partial charge in [-0.3, -0.25) is 4.79 Å². The lowest BCUT2D eigenvalue weighted by Gasteiger charge is -2.21. The second-order valence-corrected chi connectivity index (χ2v) is 4.06. The van der Waals surface area contributed by atoms with Crippen LogP contribution >= 0.6 is 0 Å². The van der Waals surface area contributed by atoms with Crippen LogP contribution in [0.25, 0.3) is 0 Å². The van der Waals surface area contributed by atoms with Crippen molar-refractivity contribution < 1.29 is 14.3 Å². The van der Waals surface area contributed by atoms with E-state index >= 15 is 0 Å². The van der Waals surface area contributed by atoms with Crippen molar-refractivity contribution in [2.75, 3.05) is 6.61 Å². The molecule has 0 N–H and O–H groups in total. The third-order valence-electron chi connectivity index (χ3n) is 2.76. The van der Waals surface area contributed by atoms with Crippen LogP contribution in [0, 0.1) is 11.8 Å². The third kappa shape index (κ3) is 3.48. The van der Waals surface area contributed by atoms with E-state index in [1.807, 2.05) is 0 Å². The highest BCUT2D eigenvalue weighted by atomic mass is 16.5. The summed E-state index contributed by atoms with van der Waals surface area (Å²) in [5.74, 6) is -0.476. The molecule has 3 heteroatoms. The van der Waals surface area contributed by atoms with Gasteiger partial charge in [0.05, 0.1) is 6.61 Å². The number of carbonyl (C=O) groups is 2. The molecule has 1 rings (SSSR count). The molecule has 1 atom stereocenters. The number of ether oxygens (including phenoxy) is 1. The summed E-state index contributed by atoms with van der Waals surface area (Å²) >= 11 is 0. The number of carbonyl (C=O) groups excluding carboxylic acids is 2. The van der Waals surface area contributed by atoms with Gasteiger partial charge in [0.1, 0.15) is 12.2 Å². The highest BCUT2D eigenvalue weighted by Crippen LogP contribution is 2.23. The first kappa shape index (κ1) is 11.2. The summed E-state index contributed by atoms with van der Waals surface area (Å²) in [6.07, 6.45) is 6.72. The van der Waals surface area contributed by atoms with E-state index in [0.29, 0.717) is 18.8 Å². The molecule has 1 aliphatic rings. The van der Waals surface area contributed by atoms with Crippen molar-refractivity contribution in [3.8, 4) is 0 Å². The average Bonchev–Trinajstić information content (AvgIpc) is 2.26. The zero-order valence-electron chi connectivity index (χ0n) is 8.70. The highest BCUT2D eigenvalue weighted by molar-refractivity contribution is 5.87. The minimum atomic E-state index is -0.612. The first-order chi connectivity index (χ1) is 6.74. The topological polar surface area (TPSA) is 43.4 Å². The van der Waals surface area contributed by atoms with Gasteiger partial charge in [-0.05, 0) is 25.7 Å². The Morgan fingerprint density at radius 3 is 2.64 bits per heavy atom. The zero-order chi connectivity index (χ0) is 10.4. The van der Waals surface area contributed by atoms with Crippen LogP contribution in [0.4, 0.5) is 0 Å². The quantitative estimate of drug-likeness (QED) is 0.394. The van der Waals surface area contributed by atoms with Gasteiger partial charge in [0.15, 0.2) is 0 Å². The van der Waals surface area contributed by atoms with E-state index in [1.54, 1.807) is 6.92 Å². The van der Waals surface area contributed by atoms with Crippen molar-refractivity contribution in [3.05, 3.63) is 0 Å². The zero-order valence-corrected chi connectivity index (χ0v) is 8.70. The summed E-state index contributed by atoms with van der Waals surface area (Å²) in [5, 5.41) is 0. The average molecular weight is 198 g/mol. The summed E-state index contributed by atoms with van der Waals surface area (Å²) in [5.41, 5.74) is 0. The molecular weight excluding hydrogens is 180 g/mol. The van der Waals surface area contributed by atoms with Gasteiger partial charge in [-0.2, -0.15) is 0 Å². The Kier molecular flexibility index (Phi) is 4.63. The highest BCUT2D eigenvalue weighted by Gasteiger charge is 2.18. The first-order valence-electron chi connectivity index (χ1n) is 5.36. The summed E-state index contributed by atoms with van der Waals surface area (Å²) in [7, 11) is 0. The van der Waals surface area contributed by atoms with Gasteiger partial charge in [-0.15, -0.1) is 0 Å². The lowest BCUT2D eigenvalue weighted by molar-refractivity contribution is -0.150. The van der Waals surface area contributed by atoms with Crippen molar-refractivity contribution in [2.45, 2.75) is 39.0 Å². The Balaban J connectivity index is 2.18. The first-order valence-corrected chi connectivity index (χ1v) is 5.36. The Morgan fingerprint density at radius 2 is 2.07 bits per heavy atom. The van der Waals surface area contributed by atoms with Crippen molar-refractivity contribution >= 4 is 12.3 Å².